The van der Waals surface area contributed by atoms with Crippen molar-refractivity contribution in [2.24, 2.45) is 0 Å². The van der Waals surface area contributed by atoms with E-state index in [4.69, 9.17) is 21.1 Å². The number of benzene rings is 1. The van der Waals surface area contributed by atoms with Crippen LogP contribution in [-0.2, 0) is 16.0 Å². The first kappa shape index (κ1) is 12.8. The van der Waals surface area contributed by atoms with Crippen LogP contribution in [0.1, 0.15) is 18.4 Å². The normalized spacial score (nSPS) is 24.9. The van der Waals surface area contributed by atoms with Crippen molar-refractivity contribution < 1.29 is 14.3 Å². The first-order valence-electron chi connectivity index (χ1n) is 6.57. The Kier molecular flexibility index (Phi) is 3.62. The molecule has 102 valence electrons. The largest absolute Gasteiger partial charge is 0.480 e. The molecular weight excluding hydrogens is 266 g/mol. The highest BCUT2D eigenvalue weighted by atomic mass is 35.5. The van der Waals surface area contributed by atoms with E-state index in [-0.39, 0.29) is 12.0 Å². The Labute approximate surface area is 117 Å². The Balaban J connectivity index is 1.55. The predicted octanol–water partition coefficient (Wildman–Crippen LogP) is 1.94. The number of hydrogen-bond donors (Lipinski definition) is 1. The van der Waals surface area contributed by atoms with Gasteiger partial charge in [-0.05, 0) is 36.6 Å². The van der Waals surface area contributed by atoms with Crippen LogP contribution in [0, 0.1) is 0 Å². The molecule has 0 aromatic heterocycles. The molecule has 0 aliphatic carbocycles. The van der Waals surface area contributed by atoms with Crippen molar-refractivity contribution in [1.29, 1.82) is 0 Å². The summed E-state index contributed by atoms with van der Waals surface area (Å²) in [4.78, 5) is 12.0. The van der Waals surface area contributed by atoms with Crippen LogP contribution >= 0.6 is 11.6 Å². The predicted molar refractivity (Wildman–Crippen MR) is 71.6 cm³/mol. The molecule has 1 N–H and O–H groups in total. The van der Waals surface area contributed by atoms with Crippen LogP contribution in [0.25, 0.3) is 0 Å². The average molecular weight is 282 g/mol. The Hall–Kier alpha value is -1.26. The van der Waals surface area contributed by atoms with E-state index in [0.717, 1.165) is 30.8 Å². The number of hydrogen-bond acceptors (Lipinski definition) is 3. The Morgan fingerprint density at radius 1 is 1.47 bits per heavy atom. The van der Waals surface area contributed by atoms with Gasteiger partial charge in [0.25, 0.3) is 5.91 Å². The summed E-state index contributed by atoms with van der Waals surface area (Å²) in [6, 6.07) is 5.43. The highest BCUT2D eigenvalue weighted by molar-refractivity contribution is 6.30. The number of carbonyl (C=O) groups is 1. The minimum absolute atomic E-state index is 0.0807. The van der Waals surface area contributed by atoms with Gasteiger partial charge in [0.2, 0.25) is 0 Å². The van der Waals surface area contributed by atoms with Crippen LogP contribution in [-0.4, -0.2) is 31.3 Å². The fourth-order valence-corrected chi connectivity index (χ4v) is 2.69. The summed E-state index contributed by atoms with van der Waals surface area (Å²) in [5, 5.41) is 3.56. The smallest absolute Gasteiger partial charge is 0.261 e. The Bertz CT molecular complexity index is 486. The third kappa shape index (κ3) is 2.85. The van der Waals surface area contributed by atoms with Gasteiger partial charge in [-0.3, -0.25) is 4.79 Å². The van der Waals surface area contributed by atoms with Gasteiger partial charge in [0.1, 0.15) is 5.75 Å². The van der Waals surface area contributed by atoms with Crippen LogP contribution < -0.4 is 10.1 Å². The monoisotopic (exact) mass is 281 g/mol. The number of fused-ring (bicyclic) bond motifs is 1. The minimum Gasteiger partial charge on any atom is -0.480 e. The van der Waals surface area contributed by atoms with Gasteiger partial charge < -0.3 is 14.8 Å². The minimum atomic E-state index is -0.449. The summed E-state index contributed by atoms with van der Waals surface area (Å²) in [5.41, 5.74) is 0.991. The van der Waals surface area contributed by atoms with Gasteiger partial charge in [0.05, 0.1) is 6.10 Å². The van der Waals surface area contributed by atoms with E-state index in [9.17, 15) is 4.79 Å². The Morgan fingerprint density at radius 3 is 3.16 bits per heavy atom. The summed E-state index contributed by atoms with van der Waals surface area (Å²) in [6.07, 6.45) is 2.37. The van der Waals surface area contributed by atoms with E-state index in [0.29, 0.717) is 18.0 Å². The standard InChI is InChI=1S/C14H16ClNO3/c15-10-3-4-12-9(6-10)7-13(19-12)14(17)16-8-11-2-1-5-18-11/h3-4,6,11,13H,1-2,5,7-8H2,(H,16,17)/t11-,13+/m0/s1. The van der Waals surface area contributed by atoms with Gasteiger partial charge in [-0.15, -0.1) is 0 Å². The van der Waals surface area contributed by atoms with Gasteiger partial charge in [-0.1, -0.05) is 11.6 Å². The molecule has 1 aromatic carbocycles. The molecule has 0 radical (unpaired) electrons. The molecular formula is C14H16ClNO3. The maximum Gasteiger partial charge on any atom is 0.261 e. The molecule has 1 aromatic rings. The first-order valence-corrected chi connectivity index (χ1v) is 6.94. The van der Waals surface area contributed by atoms with Crippen molar-refractivity contribution in [3.05, 3.63) is 28.8 Å². The van der Waals surface area contributed by atoms with Crippen molar-refractivity contribution >= 4 is 17.5 Å². The van der Waals surface area contributed by atoms with E-state index in [1.807, 2.05) is 12.1 Å². The van der Waals surface area contributed by atoms with E-state index in [2.05, 4.69) is 5.32 Å². The van der Waals surface area contributed by atoms with E-state index in [1.54, 1.807) is 6.07 Å². The second kappa shape index (κ2) is 5.39. The molecule has 2 aliphatic rings. The van der Waals surface area contributed by atoms with Gasteiger partial charge in [0, 0.05) is 24.6 Å². The highest BCUT2D eigenvalue weighted by Crippen LogP contribution is 2.31. The molecule has 4 nitrogen and oxygen atoms in total. The van der Waals surface area contributed by atoms with E-state index < -0.39 is 6.10 Å². The first-order chi connectivity index (χ1) is 9.22. The molecule has 1 amide bonds. The lowest BCUT2D eigenvalue weighted by Gasteiger charge is -2.14. The number of ether oxygens (including phenoxy) is 2. The van der Waals surface area contributed by atoms with Crippen molar-refractivity contribution in [2.45, 2.75) is 31.5 Å². The molecule has 1 saturated heterocycles. The van der Waals surface area contributed by atoms with E-state index in [1.165, 1.54) is 0 Å². The molecule has 0 unspecified atom stereocenters. The lowest BCUT2D eigenvalue weighted by Crippen LogP contribution is -2.40. The third-order valence-electron chi connectivity index (χ3n) is 3.52. The van der Waals surface area contributed by atoms with Crippen LogP contribution in [0.3, 0.4) is 0 Å². The average Bonchev–Trinajstić information content (AvgIpc) is 3.04. The number of carbonyl (C=O) groups excluding carboxylic acids is 1. The molecule has 2 atom stereocenters. The zero-order chi connectivity index (χ0) is 13.2. The molecule has 0 bridgehead atoms. The summed E-state index contributed by atoms with van der Waals surface area (Å²) >= 11 is 5.93. The van der Waals surface area contributed by atoms with Crippen LogP contribution in [0.15, 0.2) is 18.2 Å². The topological polar surface area (TPSA) is 47.6 Å². The number of halogens is 1. The summed E-state index contributed by atoms with van der Waals surface area (Å²) in [7, 11) is 0. The fourth-order valence-electron chi connectivity index (χ4n) is 2.50. The maximum atomic E-state index is 12.0. The van der Waals surface area contributed by atoms with E-state index >= 15 is 0 Å². The zero-order valence-corrected chi connectivity index (χ0v) is 11.3. The number of amides is 1. The second-order valence-corrected chi connectivity index (χ2v) is 5.38. The number of nitrogens with one attached hydrogen (secondary N) is 1. The molecule has 1 fully saturated rings. The van der Waals surface area contributed by atoms with Crippen LogP contribution in [0.2, 0.25) is 5.02 Å². The zero-order valence-electron chi connectivity index (χ0n) is 10.5. The molecule has 5 heteroatoms. The fraction of sp³-hybridized carbons (Fsp3) is 0.500. The Morgan fingerprint density at radius 2 is 2.37 bits per heavy atom. The molecule has 0 saturated carbocycles. The molecule has 3 rings (SSSR count). The van der Waals surface area contributed by atoms with Gasteiger partial charge in [-0.2, -0.15) is 0 Å². The van der Waals surface area contributed by atoms with Crippen LogP contribution in [0.5, 0.6) is 5.75 Å². The third-order valence-corrected chi connectivity index (χ3v) is 3.75. The quantitative estimate of drug-likeness (QED) is 0.921. The SMILES string of the molecule is O=C(NC[C@@H]1CCCO1)[C@H]1Cc2cc(Cl)ccc2O1. The molecule has 0 spiro atoms. The maximum absolute atomic E-state index is 12.0. The van der Waals surface area contributed by atoms with Crippen molar-refractivity contribution in [1.82, 2.24) is 5.32 Å². The summed E-state index contributed by atoms with van der Waals surface area (Å²) < 4.78 is 11.1. The summed E-state index contributed by atoms with van der Waals surface area (Å²) in [5.74, 6) is 0.671. The molecule has 2 aliphatic heterocycles. The van der Waals surface area contributed by atoms with Crippen molar-refractivity contribution in [2.75, 3.05) is 13.2 Å². The lowest BCUT2D eigenvalue weighted by molar-refractivity contribution is -0.127. The molecule has 19 heavy (non-hydrogen) atoms. The summed E-state index contributed by atoms with van der Waals surface area (Å²) in [6.45, 7) is 1.36. The van der Waals surface area contributed by atoms with Crippen molar-refractivity contribution in [3.8, 4) is 5.75 Å². The highest BCUT2D eigenvalue weighted by Gasteiger charge is 2.29. The molecule has 2 heterocycles. The van der Waals surface area contributed by atoms with Gasteiger partial charge in [-0.25, -0.2) is 0 Å². The second-order valence-electron chi connectivity index (χ2n) is 4.94. The van der Waals surface area contributed by atoms with Crippen LogP contribution in [0.4, 0.5) is 0 Å². The van der Waals surface area contributed by atoms with Gasteiger partial charge in [0.15, 0.2) is 6.10 Å². The van der Waals surface area contributed by atoms with Crippen molar-refractivity contribution in [3.63, 3.8) is 0 Å². The number of rotatable bonds is 3. The van der Waals surface area contributed by atoms with Gasteiger partial charge >= 0.3 is 0 Å². The lowest BCUT2D eigenvalue weighted by atomic mass is 10.1.